The Labute approximate surface area is 173 Å². The Kier molecular flexibility index (Phi) is 5.86. The number of pyridine rings is 1. The van der Waals surface area contributed by atoms with Crippen molar-refractivity contribution in [3.05, 3.63) is 70.8 Å². The molecule has 0 bridgehead atoms. The number of halogens is 1. The smallest absolute Gasteiger partial charge is 0.224 e. The van der Waals surface area contributed by atoms with E-state index in [0.29, 0.717) is 6.54 Å². The first kappa shape index (κ1) is 18.9. The molecule has 3 aromatic rings. The van der Waals surface area contributed by atoms with Crippen LogP contribution >= 0.6 is 15.9 Å². The number of nitrogens with one attached hydrogen (secondary N) is 2. The summed E-state index contributed by atoms with van der Waals surface area (Å²) >= 11 is 3.47. The van der Waals surface area contributed by atoms with Crippen molar-refractivity contribution in [2.24, 2.45) is 5.92 Å². The quantitative estimate of drug-likeness (QED) is 0.599. The molecule has 1 amide bonds. The largest absolute Gasteiger partial charge is 0.352 e. The number of aromatic nitrogens is 3. The van der Waals surface area contributed by atoms with Crippen LogP contribution in [0.2, 0.25) is 0 Å². The van der Waals surface area contributed by atoms with Gasteiger partial charge in [0, 0.05) is 35.2 Å². The fraction of sp³-hybridized carbons (Fsp3) is 0.318. The van der Waals surface area contributed by atoms with Gasteiger partial charge in [-0.2, -0.15) is 0 Å². The first-order valence-corrected chi connectivity index (χ1v) is 10.5. The summed E-state index contributed by atoms with van der Waals surface area (Å²) in [6, 6.07) is 12.0. The molecule has 1 saturated carbocycles. The Morgan fingerprint density at radius 1 is 1.14 bits per heavy atom. The summed E-state index contributed by atoms with van der Waals surface area (Å²) in [4.78, 5) is 25.1. The van der Waals surface area contributed by atoms with Crippen molar-refractivity contribution in [2.45, 2.75) is 38.1 Å². The van der Waals surface area contributed by atoms with E-state index in [1.807, 2.05) is 30.5 Å². The van der Waals surface area contributed by atoms with Crippen LogP contribution in [-0.4, -0.2) is 20.9 Å². The predicted octanol–water partition coefficient (Wildman–Crippen LogP) is 4.82. The average Bonchev–Trinajstić information content (AvgIpc) is 3.23. The number of aromatic amines is 1. The zero-order valence-electron chi connectivity index (χ0n) is 15.6. The van der Waals surface area contributed by atoms with Crippen LogP contribution in [0, 0.1) is 5.92 Å². The van der Waals surface area contributed by atoms with Crippen LogP contribution in [0.15, 0.2) is 59.5 Å². The highest BCUT2D eigenvalue weighted by molar-refractivity contribution is 9.10. The molecule has 144 valence electrons. The number of benzene rings is 1. The molecule has 1 aromatic carbocycles. The van der Waals surface area contributed by atoms with Gasteiger partial charge in [-0.1, -0.05) is 47.0 Å². The monoisotopic (exact) mass is 438 g/mol. The molecule has 2 N–H and O–H groups in total. The molecule has 1 unspecified atom stereocenters. The lowest BCUT2D eigenvalue weighted by molar-refractivity contribution is -0.126. The lowest BCUT2D eigenvalue weighted by Gasteiger charge is -2.29. The Hall–Kier alpha value is -2.47. The van der Waals surface area contributed by atoms with E-state index in [1.54, 1.807) is 12.4 Å². The number of H-pyrrole nitrogens is 1. The van der Waals surface area contributed by atoms with Crippen molar-refractivity contribution in [1.82, 2.24) is 20.3 Å². The summed E-state index contributed by atoms with van der Waals surface area (Å²) in [6.45, 7) is 0.512. The number of carbonyl (C=O) groups excluding carboxylic acids is 1. The van der Waals surface area contributed by atoms with Crippen LogP contribution in [0.3, 0.4) is 0 Å². The summed E-state index contributed by atoms with van der Waals surface area (Å²) in [6.07, 6.45) is 9.50. The van der Waals surface area contributed by atoms with Crippen molar-refractivity contribution in [2.75, 3.05) is 0 Å². The van der Waals surface area contributed by atoms with E-state index in [1.165, 1.54) is 0 Å². The average molecular weight is 439 g/mol. The Bertz CT molecular complexity index is 923. The van der Waals surface area contributed by atoms with Crippen LogP contribution in [0.1, 0.15) is 43.0 Å². The van der Waals surface area contributed by atoms with E-state index < -0.39 is 0 Å². The van der Waals surface area contributed by atoms with Crippen molar-refractivity contribution in [3.63, 3.8) is 0 Å². The van der Waals surface area contributed by atoms with Gasteiger partial charge >= 0.3 is 0 Å². The molecule has 28 heavy (non-hydrogen) atoms. The van der Waals surface area contributed by atoms with Crippen LogP contribution in [0.4, 0.5) is 0 Å². The lowest BCUT2D eigenvalue weighted by atomic mass is 9.78. The third kappa shape index (κ3) is 4.33. The van der Waals surface area contributed by atoms with E-state index in [-0.39, 0.29) is 17.7 Å². The standard InChI is InChI=1S/C22H23BrN4O/c23-17-9-7-16(8-10-17)20-14-25-21(27-20)18-5-1-2-6-19(18)22(28)26-13-15-4-3-11-24-12-15/h3-4,7-12,14,18-19H,1-2,5-6,13H2,(H,25,27)(H,26,28)/t18-,19?/m1/s1. The summed E-state index contributed by atoms with van der Waals surface area (Å²) in [5, 5.41) is 3.09. The summed E-state index contributed by atoms with van der Waals surface area (Å²) in [5.41, 5.74) is 3.09. The van der Waals surface area contributed by atoms with Gasteiger partial charge in [-0.25, -0.2) is 4.98 Å². The molecule has 2 atom stereocenters. The number of hydrogen-bond donors (Lipinski definition) is 2. The molecule has 2 heterocycles. The second-order valence-electron chi connectivity index (χ2n) is 7.27. The summed E-state index contributed by atoms with van der Waals surface area (Å²) in [5.74, 6) is 1.11. The number of hydrogen-bond acceptors (Lipinski definition) is 3. The fourth-order valence-corrected chi connectivity index (χ4v) is 4.16. The first-order chi connectivity index (χ1) is 13.7. The van der Waals surface area contributed by atoms with Gasteiger partial charge in [0.2, 0.25) is 5.91 Å². The molecule has 0 radical (unpaired) electrons. The molecule has 0 saturated heterocycles. The topological polar surface area (TPSA) is 70.7 Å². The van der Waals surface area contributed by atoms with Gasteiger partial charge in [0.1, 0.15) is 5.82 Å². The maximum atomic E-state index is 12.9. The number of amides is 1. The normalized spacial score (nSPS) is 19.3. The number of carbonyl (C=O) groups is 1. The molecule has 1 fully saturated rings. The van der Waals surface area contributed by atoms with Crippen molar-refractivity contribution in [3.8, 4) is 11.3 Å². The van der Waals surface area contributed by atoms with Gasteiger partial charge in [0.15, 0.2) is 0 Å². The molecule has 5 nitrogen and oxygen atoms in total. The Morgan fingerprint density at radius 3 is 2.75 bits per heavy atom. The highest BCUT2D eigenvalue weighted by Crippen LogP contribution is 2.37. The summed E-state index contributed by atoms with van der Waals surface area (Å²) < 4.78 is 1.05. The van der Waals surface area contributed by atoms with Crippen LogP contribution < -0.4 is 5.32 Å². The number of imidazole rings is 1. The van der Waals surface area contributed by atoms with Gasteiger partial charge in [0.25, 0.3) is 0 Å². The maximum absolute atomic E-state index is 12.9. The molecule has 2 aromatic heterocycles. The molecule has 1 aliphatic carbocycles. The Balaban J connectivity index is 1.47. The zero-order chi connectivity index (χ0) is 19.3. The van der Waals surface area contributed by atoms with Gasteiger partial charge in [0.05, 0.1) is 11.9 Å². The van der Waals surface area contributed by atoms with E-state index in [2.05, 4.69) is 48.3 Å². The SMILES string of the molecule is O=C(NCc1cccnc1)C1CCCC[C@H]1c1ncc(-c2ccc(Br)cc2)[nH]1. The molecule has 0 aliphatic heterocycles. The maximum Gasteiger partial charge on any atom is 0.224 e. The van der Waals surface area contributed by atoms with Crippen molar-refractivity contribution >= 4 is 21.8 Å². The van der Waals surface area contributed by atoms with Crippen LogP contribution in [0.5, 0.6) is 0 Å². The molecular formula is C22H23BrN4O. The van der Waals surface area contributed by atoms with Gasteiger partial charge < -0.3 is 10.3 Å². The van der Waals surface area contributed by atoms with E-state index >= 15 is 0 Å². The van der Waals surface area contributed by atoms with Gasteiger partial charge in [-0.3, -0.25) is 9.78 Å². The van der Waals surface area contributed by atoms with Crippen LogP contribution in [-0.2, 0) is 11.3 Å². The first-order valence-electron chi connectivity index (χ1n) is 9.68. The van der Waals surface area contributed by atoms with Gasteiger partial charge in [-0.15, -0.1) is 0 Å². The van der Waals surface area contributed by atoms with E-state index in [4.69, 9.17) is 0 Å². The highest BCUT2D eigenvalue weighted by atomic mass is 79.9. The number of nitrogens with zero attached hydrogens (tertiary/aromatic N) is 2. The molecule has 6 heteroatoms. The zero-order valence-corrected chi connectivity index (χ0v) is 17.2. The molecule has 0 spiro atoms. The predicted molar refractivity (Wildman–Crippen MR) is 113 cm³/mol. The van der Waals surface area contributed by atoms with Crippen LogP contribution in [0.25, 0.3) is 11.3 Å². The fourth-order valence-electron chi connectivity index (χ4n) is 3.90. The third-order valence-electron chi connectivity index (χ3n) is 5.39. The highest BCUT2D eigenvalue weighted by Gasteiger charge is 2.33. The minimum atomic E-state index is -0.0469. The van der Waals surface area contributed by atoms with E-state index in [9.17, 15) is 4.79 Å². The van der Waals surface area contributed by atoms with Crippen molar-refractivity contribution < 1.29 is 4.79 Å². The van der Waals surface area contributed by atoms with E-state index in [0.717, 1.165) is 52.8 Å². The molecule has 1 aliphatic rings. The lowest BCUT2D eigenvalue weighted by Crippen LogP contribution is -2.36. The third-order valence-corrected chi connectivity index (χ3v) is 5.92. The van der Waals surface area contributed by atoms with Gasteiger partial charge in [-0.05, 0) is 42.2 Å². The number of rotatable bonds is 5. The second-order valence-corrected chi connectivity index (χ2v) is 8.18. The molecular weight excluding hydrogens is 416 g/mol. The van der Waals surface area contributed by atoms with Crippen molar-refractivity contribution in [1.29, 1.82) is 0 Å². The minimum Gasteiger partial charge on any atom is -0.352 e. The summed E-state index contributed by atoms with van der Waals surface area (Å²) in [7, 11) is 0. The Morgan fingerprint density at radius 2 is 1.96 bits per heavy atom. The minimum absolute atomic E-state index is 0.0469. The second kappa shape index (κ2) is 8.69. The molecule has 4 rings (SSSR count).